The molecule has 1 aromatic carbocycles. The minimum absolute atomic E-state index is 0.0867. The number of rotatable bonds is 3. The normalized spacial score (nSPS) is 21.2. The van der Waals surface area contributed by atoms with Crippen LogP contribution in [0.3, 0.4) is 0 Å². The molecular weight excluding hydrogens is 294 g/mol. The molecular formula is C15H18F2N2O3. The van der Waals surface area contributed by atoms with E-state index in [0.717, 1.165) is 37.5 Å². The standard InChI is InChI=1S/C15H18F2N2O3/c16-10-5-6-11(17)12(7-10)19-15(22)14(21)18-8-9-3-1-2-4-13(9)20/h5-7,9,13,20H,1-4,8H2,(H,18,21)(H,19,22). The molecule has 0 heterocycles. The minimum Gasteiger partial charge on any atom is -0.393 e. The fourth-order valence-corrected chi connectivity index (χ4v) is 2.50. The summed E-state index contributed by atoms with van der Waals surface area (Å²) in [6.45, 7) is 0.180. The van der Waals surface area contributed by atoms with Crippen LogP contribution in [-0.4, -0.2) is 29.6 Å². The number of aliphatic hydroxyl groups is 1. The lowest BCUT2D eigenvalue weighted by Gasteiger charge is -2.27. The maximum atomic E-state index is 13.4. The average Bonchev–Trinajstić information content (AvgIpc) is 2.49. The van der Waals surface area contributed by atoms with Crippen molar-refractivity contribution in [2.75, 3.05) is 11.9 Å². The van der Waals surface area contributed by atoms with Gasteiger partial charge in [-0.25, -0.2) is 8.78 Å². The second-order valence-corrected chi connectivity index (χ2v) is 5.40. The maximum absolute atomic E-state index is 13.4. The molecule has 7 heteroatoms. The number of aliphatic hydroxyl groups excluding tert-OH is 1. The first-order valence-electron chi connectivity index (χ1n) is 7.19. The highest BCUT2D eigenvalue weighted by Crippen LogP contribution is 2.23. The fraction of sp³-hybridized carbons (Fsp3) is 0.467. The summed E-state index contributed by atoms with van der Waals surface area (Å²) in [6.07, 6.45) is 2.89. The maximum Gasteiger partial charge on any atom is 0.313 e. The molecule has 120 valence electrons. The molecule has 0 aliphatic heterocycles. The Bertz CT molecular complexity index is 566. The third kappa shape index (κ3) is 4.24. The van der Waals surface area contributed by atoms with Crippen LogP contribution in [0.15, 0.2) is 18.2 Å². The van der Waals surface area contributed by atoms with Crippen LogP contribution in [0.1, 0.15) is 25.7 Å². The van der Waals surface area contributed by atoms with E-state index in [4.69, 9.17) is 0 Å². The Labute approximate surface area is 126 Å². The van der Waals surface area contributed by atoms with E-state index in [1.165, 1.54) is 0 Å². The molecule has 0 aromatic heterocycles. The summed E-state index contributed by atoms with van der Waals surface area (Å²) in [4.78, 5) is 23.3. The van der Waals surface area contributed by atoms with Gasteiger partial charge in [0.15, 0.2) is 0 Å². The van der Waals surface area contributed by atoms with E-state index >= 15 is 0 Å². The summed E-state index contributed by atoms with van der Waals surface area (Å²) >= 11 is 0. The summed E-state index contributed by atoms with van der Waals surface area (Å²) in [6, 6.07) is 2.57. The van der Waals surface area contributed by atoms with Crippen molar-refractivity contribution in [1.82, 2.24) is 5.32 Å². The number of halogens is 2. The zero-order valence-corrected chi connectivity index (χ0v) is 11.9. The van der Waals surface area contributed by atoms with E-state index in [0.29, 0.717) is 6.42 Å². The summed E-state index contributed by atoms with van der Waals surface area (Å²) in [5.41, 5.74) is -0.391. The number of carbonyl (C=O) groups excluding carboxylic acids is 2. The number of carbonyl (C=O) groups is 2. The SMILES string of the molecule is O=C(NCC1CCCCC1O)C(=O)Nc1cc(F)ccc1F. The van der Waals surface area contributed by atoms with Gasteiger partial charge in [-0.2, -0.15) is 0 Å². The Kier molecular flexibility index (Phi) is 5.43. The second kappa shape index (κ2) is 7.31. The van der Waals surface area contributed by atoms with Crippen molar-refractivity contribution in [3.05, 3.63) is 29.8 Å². The van der Waals surface area contributed by atoms with E-state index in [1.807, 2.05) is 5.32 Å². The van der Waals surface area contributed by atoms with Crippen molar-refractivity contribution in [2.45, 2.75) is 31.8 Å². The van der Waals surface area contributed by atoms with E-state index in [2.05, 4.69) is 5.32 Å². The van der Waals surface area contributed by atoms with Crippen molar-refractivity contribution in [3.8, 4) is 0 Å². The van der Waals surface area contributed by atoms with Crippen LogP contribution < -0.4 is 10.6 Å². The van der Waals surface area contributed by atoms with Crippen molar-refractivity contribution in [2.24, 2.45) is 5.92 Å². The van der Waals surface area contributed by atoms with Gasteiger partial charge in [0, 0.05) is 18.5 Å². The lowest BCUT2D eigenvalue weighted by Crippen LogP contribution is -2.41. The summed E-state index contributed by atoms with van der Waals surface area (Å²) in [7, 11) is 0. The highest BCUT2D eigenvalue weighted by molar-refractivity contribution is 6.39. The van der Waals surface area contributed by atoms with Crippen molar-refractivity contribution in [1.29, 1.82) is 0 Å². The van der Waals surface area contributed by atoms with Gasteiger partial charge < -0.3 is 15.7 Å². The lowest BCUT2D eigenvalue weighted by atomic mass is 9.86. The number of anilines is 1. The van der Waals surface area contributed by atoms with Crippen molar-refractivity contribution < 1.29 is 23.5 Å². The summed E-state index contributed by atoms with van der Waals surface area (Å²) in [5, 5.41) is 14.2. The molecule has 2 unspecified atom stereocenters. The van der Waals surface area contributed by atoms with Crippen LogP contribution in [0.2, 0.25) is 0 Å². The van der Waals surface area contributed by atoms with Crippen LogP contribution in [0.4, 0.5) is 14.5 Å². The van der Waals surface area contributed by atoms with Gasteiger partial charge in [-0.05, 0) is 25.0 Å². The first-order chi connectivity index (χ1) is 10.5. The number of hydrogen-bond acceptors (Lipinski definition) is 3. The average molecular weight is 312 g/mol. The molecule has 5 nitrogen and oxygen atoms in total. The zero-order chi connectivity index (χ0) is 16.1. The number of amides is 2. The Hall–Kier alpha value is -2.02. The molecule has 0 spiro atoms. The van der Waals surface area contributed by atoms with Gasteiger partial charge >= 0.3 is 11.8 Å². The van der Waals surface area contributed by atoms with Gasteiger partial charge in [-0.1, -0.05) is 12.8 Å². The molecule has 22 heavy (non-hydrogen) atoms. The molecule has 2 rings (SSSR count). The molecule has 1 saturated carbocycles. The molecule has 1 fully saturated rings. The highest BCUT2D eigenvalue weighted by atomic mass is 19.1. The minimum atomic E-state index is -1.07. The zero-order valence-electron chi connectivity index (χ0n) is 11.9. The van der Waals surface area contributed by atoms with Gasteiger partial charge in [0.05, 0.1) is 11.8 Å². The number of benzene rings is 1. The molecule has 1 aliphatic carbocycles. The molecule has 0 bridgehead atoms. The largest absolute Gasteiger partial charge is 0.393 e. The molecule has 2 atom stereocenters. The van der Waals surface area contributed by atoms with Gasteiger partial charge in [-0.15, -0.1) is 0 Å². The van der Waals surface area contributed by atoms with E-state index in [1.54, 1.807) is 0 Å². The Morgan fingerprint density at radius 3 is 2.64 bits per heavy atom. The Morgan fingerprint density at radius 1 is 1.18 bits per heavy atom. The molecule has 2 amide bonds. The third-order valence-electron chi connectivity index (χ3n) is 3.78. The van der Waals surface area contributed by atoms with E-state index in [9.17, 15) is 23.5 Å². The summed E-state index contributed by atoms with van der Waals surface area (Å²) in [5.74, 6) is -3.65. The fourth-order valence-electron chi connectivity index (χ4n) is 2.50. The molecule has 3 N–H and O–H groups in total. The van der Waals surface area contributed by atoms with Crippen molar-refractivity contribution in [3.63, 3.8) is 0 Å². The molecule has 1 aromatic rings. The van der Waals surface area contributed by atoms with E-state index < -0.39 is 35.2 Å². The van der Waals surface area contributed by atoms with Gasteiger partial charge in [-0.3, -0.25) is 9.59 Å². The first-order valence-corrected chi connectivity index (χ1v) is 7.19. The quantitative estimate of drug-likeness (QED) is 0.741. The van der Waals surface area contributed by atoms with Gasteiger partial charge in [0.1, 0.15) is 11.6 Å². The predicted molar refractivity (Wildman–Crippen MR) is 76.0 cm³/mol. The van der Waals surface area contributed by atoms with Crippen LogP contribution in [0.25, 0.3) is 0 Å². The Balaban J connectivity index is 1.86. The van der Waals surface area contributed by atoms with Gasteiger partial charge in [0.2, 0.25) is 0 Å². The topological polar surface area (TPSA) is 78.4 Å². The van der Waals surface area contributed by atoms with Crippen molar-refractivity contribution >= 4 is 17.5 Å². The lowest BCUT2D eigenvalue weighted by molar-refractivity contribution is -0.136. The monoisotopic (exact) mass is 312 g/mol. The molecule has 1 aliphatic rings. The van der Waals surface area contributed by atoms with E-state index in [-0.39, 0.29) is 12.5 Å². The van der Waals surface area contributed by atoms with Crippen LogP contribution in [0.5, 0.6) is 0 Å². The second-order valence-electron chi connectivity index (χ2n) is 5.40. The van der Waals surface area contributed by atoms with Crippen LogP contribution in [-0.2, 0) is 9.59 Å². The smallest absolute Gasteiger partial charge is 0.313 e. The number of hydrogen-bond donors (Lipinski definition) is 3. The molecule has 0 saturated heterocycles. The molecule has 0 radical (unpaired) electrons. The van der Waals surface area contributed by atoms with Crippen LogP contribution in [0, 0.1) is 17.6 Å². The summed E-state index contributed by atoms with van der Waals surface area (Å²) < 4.78 is 26.4. The Morgan fingerprint density at radius 2 is 1.91 bits per heavy atom. The third-order valence-corrected chi connectivity index (χ3v) is 3.78. The number of nitrogens with one attached hydrogen (secondary N) is 2. The van der Waals surface area contributed by atoms with Crippen LogP contribution >= 0.6 is 0 Å². The van der Waals surface area contributed by atoms with Gasteiger partial charge in [0.25, 0.3) is 0 Å². The predicted octanol–water partition coefficient (Wildman–Crippen LogP) is 1.57. The first kappa shape index (κ1) is 16.4. The highest BCUT2D eigenvalue weighted by Gasteiger charge is 2.24.